The number of piperidine rings is 1. The number of morpholine rings is 1. The van der Waals surface area contributed by atoms with Crippen LogP contribution in [0.5, 0.6) is 0 Å². The van der Waals surface area contributed by atoms with Crippen LogP contribution in [0.4, 0.5) is 0 Å². The molecule has 2 rings (SSSR count). The molecule has 0 aromatic heterocycles. The highest BCUT2D eigenvalue weighted by molar-refractivity contribution is 4.99. The second-order valence-corrected chi connectivity index (χ2v) is 5.72. The highest BCUT2D eigenvalue weighted by Gasteiger charge is 2.43. The van der Waals surface area contributed by atoms with Crippen LogP contribution in [0.1, 0.15) is 45.4 Å². The molecule has 2 aliphatic heterocycles. The zero-order valence-corrected chi connectivity index (χ0v) is 11.5. The van der Waals surface area contributed by atoms with E-state index in [1.165, 1.54) is 51.6 Å². The number of hydrogen-bond donors (Lipinski definition) is 1. The van der Waals surface area contributed by atoms with E-state index in [1.54, 1.807) is 0 Å². The molecule has 0 amide bonds. The van der Waals surface area contributed by atoms with Gasteiger partial charge in [-0.3, -0.25) is 0 Å². The highest BCUT2D eigenvalue weighted by atomic mass is 16.5. The molecule has 100 valence electrons. The van der Waals surface area contributed by atoms with Gasteiger partial charge in [0.15, 0.2) is 0 Å². The second kappa shape index (κ2) is 6.17. The summed E-state index contributed by atoms with van der Waals surface area (Å²) in [6.07, 6.45) is 7.70. The summed E-state index contributed by atoms with van der Waals surface area (Å²) in [5, 5.41) is 3.71. The molecule has 0 aromatic carbocycles. The first-order valence-electron chi connectivity index (χ1n) is 7.33. The van der Waals surface area contributed by atoms with Crippen molar-refractivity contribution >= 4 is 0 Å². The molecule has 3 nitrogen and oxygen atoms in total. The number of likely N-dealkylation sites (tertiary alicyclic amines) is 1. The van der Waals surface area contributed by atoms with Crippen LogP contribution in [0.3, 0.4) is 0 Å². The maximum absolute atomic E-state index is 6.21. The molecule has 0 radical (unpaired) electrons. The molecule has 0 bridgehead atoms. The minimum Gasteiger partial charge on any atom is -0.372 e. The average molecular weight is 240 g/mol. The van der Waals surface area contributed by atoms with Crippen molar-refractivity contribution in [1.82, 2.24) is 10.2 Å². The second-order valence-electron chi connectivity index (χ2n) is 5.72. The largest absolute Gasteiger partial charge is 0.372 e. The van der Waals surface area contributed by atoms with E-state index < -0.39 is 0 Å². The Morgan fingerprint density at radius 3 is 2.76 bits per heavy atom. The number of rotatable bonds is 4. The third kappa shape index (κ3) is 3.21. The molecule has 1 N–H and O–H groups in total. The van der Waals surface area contributed by atoms with E-state index >= 15 is 0 Å². The number of ether oxygens (including phenoxy) is 1. The van der Waals surface area contributed by atoms with Crippen molar-refractivity contribution in [2.45, 2.75) is 57.1 Å². The van der Waals surface area contributed by atoms with Gasteiger partial charge in [0.1, 0.15) is 0 Å². The Morgan fingerprint density at radius 1 is 1.29 bits per heavy atom. The fourth-order valence-corrected chi connectivity index (χ4v) is 3.23. The van der Waals surface area contributed by atoms with Gasteiger partial charge in [-0.15, -0.1) is 0 Å². The van der Waals surface area contributed by atoms with E-state index in [-0.39, 0.29) is 5.60 Å². The van der Waals surface area contributed by atoms with Crippen molar-refractivity contribution in [3.05, 3.63) is 0 Å². The minimum absolute atomic E-state index is 0.151. The summed E-state index contributed by atoms with van der Waals surface area (Å²) in [6, 6.07) is 0.594. The predicted octanol–water partition coefficient (Wildman–Crippen LogP) is 2.02. The van der Waals surface area contributed by atoms with Gasteiger partial charge in [-0.25, -0.2) is 0 Å². The minimum atomic E-state index is 0.151. The lowest BCUT2D eigenvalue weighted by molar-refractivity contribution is -0.127. The molecule has 2 aliphatic rings. The first-order valence-corrected chi connectivity index (χ1v) is 7.33. The molecule has 2 saturated heterocycles. The fourth-order valence-electron chi connectivity index (χ4n) is 3.23. The van der Waals surface area contributed by atoms with Crippen molar-refractivity contribution in [2.75, 3.05) is 33.3 Å². The topological polar surface area (TPSA) is 24.5 Å². The summed E-state index contributed by atoms with van der Waals surface area (Å²) in [7, 11) is 2.22. The smallest absolute Gasteiger partial charge is 0.0859 e. The SMILES string of the molecule is CCCCCC1NCCOC12CCN(C)CC2. The summed E-state index contributed by atoms with van der Waals surface area (Å²) in [6.45, 7) is 6.58. The summed E-state index contributed by atoms with van der Waals surface area (Å²) in [5.74, 6) is 0. The number of nitrogens with zero attached hydrogens (tertiary/aromatic N) is 1. The molecule has 2 heterocycles. The zero-order valence-electron chi connectivity index (χ0n) is 11.5. The first-order chi connectivity index (χ1) is 8.27. The lowest BCUT2D eigenvalue weighted by Crippen LogP contribution is -2.61. The van der Waals surface area contributed by atoms with Crippen LogP contribution in [0.25, 0.3) is 0 Å². The Bertz CT molecular complexity index is 224. The molecule has 3 heteroatoms. The molecule has 17 heavy (non-hydrogen) atoms. The van der Waals surface area contributed by atoms with E-state index in [4.69, 9.17) is 4.74 Å². The van der Waals surface area contributed by atoms with Gasteiger partial charge in [0.05, 0.1) is 12.2 Å². The molecule has 1 unspecified atom stereocenters. The zero-order chi connectivity index (χ0) is 12.1. The van der Waals surface area contributed by atoms with E-state index in [9.17, 15) is 0 Å². The van der Waals surface area contributed by atoms with Crippen LogP contribution in [0, 0.1) is 0 Å². The van der Waals surface area contributed by atoms with Gasteiger partial charge in [-0.2, -0.15) is 0 Å². The van der Waals surface area contributed by atoms with E-state index in [1.807, 2.05) is 0 Å². The molecule has 0 saturated carbocycles. The third-order valence-electron chi connectivity index (χ3n) is 4.45. The molecule has 0 aliphatic carbocycles. The molecular weight excluding hydrogens is 212 g/mol. The van der Waals surface area contributed by atoms with Gasteiger partial charge < -0.3 is 15.0 Å². The Hall–Kier alpha value is -0.120. The van der Waals surface area contributed by atoms with E-state index in [0.29, 0.717) is 6.04 Å². The third-order valence-corrected chi connectivity index (χ3v) is 4.45. The van der Waals surface area contributed by atoms with Gasteiger partial charge in [0.25, 0.3) is 0 Å². The average Bonchev–Trinajstić information content (AvgIpc) is 2.36. The summed E-state index contributed by atoms with van der Waals surface area (Å²) >= 11 is 0. The van der Waals surface area contributed by atoms with Crippen LogP contribution in [0.2, 0.25) is 0 Å². The van der Waals surface area contributed by atoms with Crippen molar-refractivity contribution in [1.29, 1.82) is 0 Å². The summed E-state index contributed by atoms with van der Waals surface area (Å²) in [4.78, 5) is 2.42. The van der Waals surface area contributed by atoms with Crippen molar-refractivity contribution < 1.29 is 4.74 Å². The molecule has 0 aromatic rings. The number of nitrogens with one attached hydrogen (secondary N) is 1. The Morgan fingerprint density at radius 2 is 2.06 bits per heavy atom. The van der Waals surface area contributed by atoms with Gasteiger partial charge >= 0.3 is 0 Å². The van der Waals surface area contributed by atoms with Crippen LogP contribution in [-0.2, 0) is 4.74 Å². The van der Waals surface area contributed by atoms with E-state index in [0.717, 1.165) is 13.2 Å². The lowest BCUT2D eigenvalue weighted by atomic mass is 9.80. The molecule has 2 fully saturated rings. The first kappa shape index (κ1) is 13.3. The van der Waals surface area contributed by atoms with Crippen LogP contribution < -0.4 is 5.32 Å². The Balaban J connectivity index is 1.91. The number of hydrogen-bond acceptors (Lipinski definition) is 3. The van der Waals surface area contributed by atoms with Gasteiger partial charge in [0.2, 0.25) is 0 Å². The predicted molar refractivity (Wildman–Crippen MR) is 71.3 cm³/mol. The molecular formula is C14H28N2O. The maximum Gasteiger partial charge on any atom is 0.0859 e. The van der Waals surface area contributed by atoms with Gasteiger partial charge in [-0.1, -0.05) is 26.2 Å². The normalized spacial score (nSPS) is 29.6. The standard InChI is InChI=1S/C14H28N2O/c1-3-4-5-6-13-14(17-12-9-15-13)7-10-16(2)11-8-14/h13,15H,3-12H2,1-2H3. The van der Waals surface area contributed by atoms with Crippen LogP contribution in [0.15, 0.2) is 0 Å². The Labute approximate surface area is 106 Å². The van der Waals surface area contributed by atoms with E-state index in [2.05, 4.69) is 24.2 Å². The quantitative estimate of drug-likeness (QED) is 0.761. The Kier molecular flexibility index (Phi) is 4.83. The summed E-state index contributed by atoms with van der Waals surface area (Å²) in [5.41, 5.74) is 0.151. The summed E-state index contributed by atoms with van der Waals surface area (Å²) < 4.78 is 6.21. The van der Waals surface area contributed by atoms with Crippen molar-refractivity contribution in [3.63, 3.8) is 0 Å². The van der Waals surface area contributed by atoms with Crippen molar-refractivity contribution in [2.24, 2.45) is 0 Å². The lowest BCUT2D eigenvalue weighted by Gasteiger charge is -2.48. The van der Waals surface area contributed by atoms with Gasteiger partial charge in [-0.05, 0) is 26.3 Å². The van der Waals surface area contributed by atoms with Crippen molar-refractivity contribution in [3.8, 4) is 0 Å². The highest BCUT2D eigenvalue weighted by Crippen LogP contribution is 2.33. The van der Waals surface area contributed by atoms with Crippen LogP contribution in [-0.4, -0.2) is 49.8 Å². The fraction of sp³-hybridized carbons (Fsp3) is 1.00. The van der Waals surface area contributed by atoms with Gasteiger partial charge in [0, 0.05) is 25.7 Å². The number of unbranched alkanes of at least 4 members (excludes halogenated alkanes) is 2. The molecule has 1 atom stereocenters. The molecule has 1 spiro atoms. The maximum atomic E-state index is 6.21. The monoisotopic (exact) mass is 240 g/mol. The van der Waals surface area contributed by atoms with Crippen LogP contribution >= 0.6 is 0 Å².